The van der Waals surface area contributed by atoms with Crippen LogP contribution in [-0.4, -0.2) is 56.0 Å². The van der Waals surface area contributed by atoms with Crippen LogP contribution < -0.4 is 4.90 Å². The summed E-state index contributed by atoms with van der Waals surface area (Å²) in [5.74, 6) is -0.797. The minimum atomic E-state index is -3.33. The molecule has 1 spiro atoms. The number of ether oxygens (including phenoxy) is 1. The van der Waals surface area contributed by atoms with Crippen LogP contribution in [0.3, 0.4) is 0 Å². The molecule has 3 aliphatic rings. The molecule has 0 aromatic heterocycles. The first-order valence-corrected chi connectivity index (χ1v) is 15.3. The molecule has 2 amide bonds. The van der Waals surface area contributed by atoms with Crippen LogP contribution in [0.2, 0.25) is 18.6 Å². The summed E-state index contributed by atoms with van der Waals surface area (Å²) in [6, 6.07) is 15.1. The number of para-hydroxylation sites is 1. The molecule has 5 rings (SSSR count). The van der Waals surface area contributed by atoms with Gasteiger partial charge in [-0.3, -0.25) is 9.59 Å². The molecule has 35 heavy (non-hydrogen) atoms. The lowest BCUT2D eigenvalue weighted by molar-refractivity contribution is -0.150. The van der Waals surface area contributed by atoms with Crippen molar-refractivity contribution in [1.82, 2.24) is 4.90 Å². The highest BCUT2D eigenvalue weighted by Crippen LogP contribution is 2.59. The van der Waals surface area contributed by atoms with Crippen molar-refractivity contribution in [2.45, 2.75) is 62.7 Å². The Morgan fingerprint density at radius 1 is 1.17 bits per heavy atom. The van der Waals surface area contributed by atoms with Crippen LogP contribution in [0.5, 0.6) is 0 Å². The highest BCUT2D eigenvalue weighted by Gasteiger charge is 2.66. The van der Waals surface area contributed by atoms with E-state index in [1.807, 2.05) is 55.5 Å². The summed E-state index contributed by atoms with van der Waals surface area (Å²) >= 11 is 0. The number of rotatable bonds is 4. The van der Waals surface area contributed by atoms with Crippen LogP contribution >= 0.6 is 0 Å². The Bertz CT molecular complexity index is 1170. The maximum Gasteiger partial charge on any atom is 0.264 e. The number of hydrogen-bond donors (Lipinski definition) is 1. The van der Waals surface area contributed by atoms with Gasteiger partial charge >= 0.3 is 0 Å². The SMILES string of the molecule is C[C@H]1[C@H]([Si](C)(C)F)[C@@H](CC(=O)N2Cc3ccccc3C[C@H]2CO)O[C@]12C(=O)N(C)c1ccccc12. The first-order chi connectivity index (χ1) is 16.6. The van der Waals surface area contributed by atoms with E-state index in [4.69, 9.17) is 4.74 Å². The molecule has 1 N–H and O–H groups in total. The molecule has 8 heteroatoms. The molecular weight excluding hydrogens is 463 g/mol. The molecule has 6 nitrogen and oxygen atoms in total. The number of hydrogen-bond acceptors (Lipinski definition) is 4. The number of fused-ring (bicyclic) bond motifs is 3. The third-order valence-corrected chi connectivity index (χ3v) is 10.7. The highest BCUT2D eigenvalue weighted by molar-refractivity contribution is 6.72. The van der Waals surface area contributed by atoms with Gasteiger partial charge in [-0.05, 0) is 36.7 Å². The standard InChI is InChI=1S/C27H33FN2O4Si/c1-17-25(35(3,4)28)23(34-27(17)21-11-7-8-12-22(21)29(2)26(27)33)14-24(32)30-15-19-10-6-5-9-18(19)13-20(30)16-31/h5-12,17,20,23,25,31H,13-16H2,1-4H3/t17-,20-,23+,25-,27+/m0/s1. The molecule has 0 radical (unpaired) electrons. The summed E-state index contributed by atoms with van der Waals surface area (Å²) in [7, 11) is -1.62. The molecular formula is C27H33FN2O4Si. The molecule has 5 atom stereocenters. The van der Waals surface area contributed by atoms with Gasteiger partial charge in [-0.15, -0.1) is 0 Å². The molecule has 1 fully saturated rings. The van der Waals surface area contributed by atoms with E-state index in [0.29, 0.717) is 13.0 Å². The van der Waals surface area contributed by atoms with E-state index < -0.39 is 31.6 Å². The third-order valence-electron chi connectivity index (χ3n) is 8.26. The predicted octanol–water partition coefficient (Wildman–Crippen LogP) is 3.77. The normalized spacial score (nSPS) is 30.1. The number of halogens is 1. The van der Waals surface area contributed by atoms with Crippen molar-refractivity contribution in [3.8, 4) is 0 Å². The van der Waals surface area contributed by atoms with Crippen LogP contribution in [0.15, 0.2) is 48.5 Å². The number of benzene rings is 2. The van der Waals surface area contributed by atoms with Crippen molar-refractivity contribution in [3.05, 3.63) is 65.2 Å². The molecule has 3 heterocycles. The van der Waals surface area contributed by atoms with E-state index in [1.165, 1.54) is 0 Å². The lowest BCUT2D eigenvalue weighted by Crippen LogP contribution is -2.48. The zero-order valence-electron chi connectivity index (χ0n) is 20.7. The number of aliphatic hydroxyl groups excluding tert-OH is 1. The summed E-state index contributed by atoms with van der Waals surface area (Å²) in [5, 5.41) is 10.0. The molecule has 2 aromatic rings. The minimum absolute atomic E-state index is 0.0189. The fourth-order valence-electron chi connectivity index (χ4n) is 6.64. The van der Waals surface area contributed by atoms with E-state index >= 15 is 4.11 Å². The van der Waals surface area contributed by atoms with Gasteiger partial charge in [0.1, 0.15) is 0 Å². The van der Waals surface area contributed by atoms with E-state index in [2.05, 4.69) is 0 Å². The number of likely N-dealkylation sites (N-methyl/N-ethyl adjacent to an activating group) is 1. The van der Waals surface area contributed by atoms with Gasteiger partial charge in [0.05, 0.1) is 30.9 Å². The van der Waals surface area contributed by atoms with Crippen LogP contribution in [0, 0.1) is 5.92 Å². The monoisotopic (exact) mass is 496 g/mol. The number of anilines is 1. The van der Waals surface area contributed by atoms with Gasteiger partial charge in [-0.1, -0.05) is 49.4 Å². The van der Waals surface area contributed by atoms with Gasteiger partial charge in [0.15, 0.2) is 5.60 Å². The molecule has 0 unspecified atom stereocenters. The first-order valence-electron chi connectivity index (χ1n) is 12.3. The van der Waals surface area contributed by atoms with E-state index in [0.717, 1.165) is 22.4 Å². The van der Waals surface area contributed by atoms with Crippen molar-refractivity contribution in [1.29, 1.82) is 0 Å². The van der Waals surface area contributed by atoms with Crippen molar-refractivity contribution < 1.29 is 23.5 Å². The summed E-state index contributed by atoms with van der Waals surface area (Å²) in [6.07, 6.45) is -0.160. The Kier molecular flexibility index (Phi) is 5.89. The van der Waals surface area contributed by atoms with Gasteiger partial charge in [-0.2, -0.15) is 0 Å². The van der Waals surface area contributed by atoms with Gasteiger partial charge in [0, 0.05) is 30.6 Å². The van der Waals surface area contributed by atoms with Crippen LogP contribution in [0.25, 0.3) is 0 Å². The van der Waals surface area contributed by atoms with E-state index in [1.54, 1.807) is 29.9 Å². The Labute approximate surface area is 206 Å². The van der Waals surface area contributed by atoms with Crippen LogP contribution in [0.1, 0.15) is 30.0 Å². The van der Waals surface area contributed by atoms with Gasteiger partial charge in [-0.25, -0.2) is 0 Å². The average Bonchev–Trinajstić information content (AvgIpc) is 3.25. The first kappa shape index (κ1) is 24.2. The quantitative estimate of drug-likeness (QED) is 0.517. The summed E-state index contributed by atoms with van der Waals surface area (Å²) in [6.45, 7) is 5.42. The largest absolute Gasteiger partial charge is 0.394 e. The summed E-state index contributed by atoms with van der Waals surface area (Å²) in [5.41, 5.74) is 1.88. The van der Waals surface area contributed by atoms with Crippen LogP contribution in [0.4, 0.5) is 9.80 Å². The highest BCUT2D eigenvalue weighted by atomic mass is 28.4. The molecule has 3 aliphatic heterocycles. The number of carbonyl (C=O) groups excluding carboxylic acids is 2. The zero-order valence-corrected chi connectivity index (χ0v) is 21.7. The van der Waals surface area contributed by atoms with E-state index in [9.17, 15) is 14.7 Å². The molecule has 0 aliphatic carbocycles. The Hall–Kier alpha value is -2.55. The Balaban J connectivity index is 1.48. The predicted molar refractivity (Wildman–Crippen MR) is 134 cm³/mol. The van der Waals surface area contributed by atoms with Gasteiger partial charge in [0.25, 0.3) is 5.91 Å². The fraction of sp³-hybridized carbons (Fsp3) is 0.481. The molecule has 0 bridgehead atoms. The molecule has 2 aromatic carbocycles. The number of nitrogens with zero attached hydrogens (tertiary/aromatic N) is 2. The third kappa shape index (κ3) is 3.65. The Morgan fingerprint density at radius 3 is 2.51 bits per heavy atom. The van der Waals surface area contributed by atoms with Gasteiger partial charge in [0.2, 0.25) is 14.3 Å². The maximum absolute atomic E-state index is 15.8. The fourth-order valence-corrected chi connectivity index (χ4v) is 9.13. The average molecular weight is 497 g/mol. The second-order valence-corrected chi connectivity index (χ2v) is 14.5. The lowest BCUT2D eigenvalue weighted by atomic mass is 9.82. The second kappa shape index (κ2) is 8.53. The van der Waals surface area contributed by atoms with Crippen molar-refractivity contribution in [2.24, 2.45) is 5.92 Å². The van der Waals surface area contributed by atoms with Crippen LogP contribution in [-0.2, 0) is 32.9 Å². The zero-order chi connectivity index (χ0) is 25.1. The molecule has 1 saturated heterocycles. The van der Waals surface area contributed by atoms with E-state index in [-0.39, 0.29) is 30.9 Å². The van der Waals surface area contributed by atoms with Crippen molar-refractivity contribution in [2.75, 3.05) is 18.6 Å². The summed E-state index contributed by atoms with van der Waals surface area (Å²) < 4.78 is 22.4. The van der Waals surface area contributed by atoms with Crippen molar-refractivity contribution >= 4 is 25.9 Å². The minimum Gasteiger partial charge on any atom is -0.394 e. The van der Waals surface area contributed by atoms with Gasteiger partial charge < -0.3 is 23.8 Å². The number of aliphatic hydroxyl groups is 1. The topological polar surface area (TPSA) is 70.1 Å². The summed E-state index contributed by atoms with van der Waals surface area (Å²) in [4.78, 5) is 30.5. The number of amides is 2. The Morgan fingerprint density at radius 2 is 1.83 bits per heavy atom. The lowest BCUT2D eigenvalue weighted by Gasteiger charge is -2.37. The maximum atomic E-state index is 15.8. The molecule has 186 valence electrons. The smallest absolute Gasteiger partial charge is 0.264 e. The van der Waals surface area contributed by atoms with Crippen molar-refractivity contribution in [3.63, 3.8) is 0 Å². The molecule has 0 saturated carbocycles. The second-order valence-electron chi connectivity index (χ2n) is 10.7. The number of carbonyl (C=O) groups is 2.